The topological polar surface area (TPSA) is 67.8 Å². The summed E-state index contributed by atoms with van der Waals surface area (Å²) in [7, 11) is 0. The summed E-state index contributed by atoms with van der Waals surface area (Å²) in [5.74, 6) is -0.129. The van der Waals surface area contributed by atoms with E-state index in [0.29, 0.717) is 16.9 Å². The van der Waals surface area contributed by atoms with Crippen LogP contribution in [0.5, 0.6) is 0 Å². The van der Waals surface area contributed by atoms with Crippen molar-refractivity contribution in [1.82, 2.24) is 9.47 Å². The summed E-state index contributed by atoms with van der Waals surface area (Å²) in [6.45, 7) is 4.08. The molecule has 1 aliphatic rings. The number of nitrogens with zero attached hydrogens (tertiary/aromatic N) is 3. The van der Waals surface area contributed by atoms with Crippen molar-refractivity contribution in [2.75, 3.05) is 13.1 Å². The molecule has 1 aromatic carbocycles. The van der Waals surface area contributed by atoms with Gasteiger partial charge in [0.1, 0.15) is 0 Å². The van der Waals surface area contributed by atoms with Crippen LogP contribution in [0.2, 0.25) is 0 Å². The van der Waals surface area contributed by atoms with Gasteiger partial charge in [-0.1, -0.05) is 18.2 Å². The molecule has 144 valence electrons. The van der Waals surface area contributed by atoms with Gasteiger partial charge in [-0.25, -0.2) is 0 Å². The smallest absolute Gasteiger partial charge is 0.315 e. The van der Waals surface area contributed by atoms with Gasteiger partial charge in [0.15, 0.2) is 10.6 Å². The minimum atomic E-state index is -0.415. The van der Waals surface area contributed by atoms with Crippen molar-refractivity contribution >= 4 is 23.2 Å². The van der Waals surface area contributed by atoms with Gasteiger partial charge in [-0.2, -0.15) is 4.99 Å². The number of carbonyl (C=O) groups is 2. The predicted molar refractivity (Wildman–Crippen MR) is 106 cm³/mol. The second-order valence-electron chi connectivity index (χ2n) is 6.80. The molecule has 1 aliphatic heterocycles. The Bertz CT molecular complexity index is 1060. The monoisotopic (exact) mass is 395 g/mol. The highest BCUT2D eigenvalue weighted by atomic mass is 32.1. The third kappa shape index (κ3) is 3.71. The molecule has 1 saturated heterocycles. The van der Waals surface area contributed by atoms with Crippen molar-refractivity contribution in [2.45, 2.75) is 26.3 Å². The molecule has 1 fully saturated rings. The first-order valence-electron chi connectivity index (χ1n) is 9.28. The lowest BCUT2D eigenvalue weighted by Crippen LogP contribution is -2.29. The van der Waals surface area contributed by atoms with E-state index in [2.05, 4.69) is 4.99 Å². The van der Waals surface area contributed by atoms with Gasteiger partial charge in [0, 0.05) is 29.7 Å². The number of amides is 2. The molecule has 3 heterocycles. The van der Waals surface area contributed by atoms with Gasteiger partial charge in [0.25, 0.3) is 5.91 Å². The Kier molecular flexibility index (Phi) is 5.25. The van der Waals surface area contributed by atoms with E-state index in [1.165, 1.54) is 17.6 Å². The van der Waals surface area contributed by atoms with Crippen LogP contribution in [-0.4, -0.2) is 34.4 Å². The summed E-state index contributed by atoms with van der Waals surface area (Å²) in [6.07, 6.45) is 3.57. The zero-order chi connectivity index (χ0) is 19.5. The van der Waals surface area contributed by atoms with Gasteiger partial charge in [0.05, 0.1) is 12.8 Å². The summed E-state index contributed by atoms with van der Waals surface area (Å²) in [6, 6.07) is 10.9. The summed E-state index contributed by atoms with van der Waals surface area (Å²) >= 11 is 1.40. The molecule has 0 atom stereocenters. The third-order valence-corrected chi connectivity index (χ3v) is 5.87. The summed E-state index contributed by atoms with van der Waals surface area (Å²) in [5.41, 5.74) is 2.62. The minimum absolute atomic E-state index is 0.0757. The highest BCUT2D eigenvalue weighted by Crippen LogP contribution is 2.18. The standard InChI is InChI=1S/C21H21N3O3S/c1-15-14-28-21(22-19(25)18-9-6-12-27-18)24(15)13-16-7-2-3-8-17(16)20(26)23-10-4-5-11-23/h2-3,6-9,12,14H,4-5,10-11,13H2,1H3. The number of furan rings is 1. The van der Waals surface area contributed by atoms with Crippen LogP contribution in [0, 0.1) is 6.92 Å². The van der Waals surface area contributed by atoms with Gasteiger partial charge < -0.3 is 13.9 Å². The Labute approximate surface area is 166 Å². The molecule has 0 radical (unpaired) electrons. The Morgan fingerprint density at radius 3 is 2.68 bits per heavy atom. The molecule has 3 aromatic rings. The first-order chi connectivity index (χ1) is 13.6. The number of rotatable bonds is 4. The van der Waals surface area contributed by atoms with Crippen LogP contribution in [0.4, 0.5) is 0 Å². The van der Waals surface area contributed by atoms with E-state index in [0.717, 1.165) is 37.2 Å². The average molecular weight is 395 g/mol. The fourth-order valence-electron chi connectivity index (χ4n) is 3.37. The molecule has 2 aromatic heterocycles. The third-order valence-electron chi connectivity index (χ3n) is 4.89. The number of hydrogen-bond acceptors (Lipinski definition) is 4. The van der Waals surface area contributed by atoms with Crippen molar-refractivity contribution in [1.29, 1.82) is 0 Å². The second-order valence-corrected chi connectivity index (χ2v) is 7.63. The van der Waals surface area contributed by atoms with Gasteiger partial charge >= 0.3 is 5.91 Å². The maximum Gasteiger partial charge on any atom is 0.315 e. The van der Waals surface area contributed by atoms with Crippen LogP contribution in [-0.2, 0) is 6.54 Å². The number of aromatic nitrogens is 1. The Morgan fingerprint density at radius 2 is 1.93 bits per heavy atom. The van der Waals surface area contributed by atoms with Crippen LogP contribution < -0.4 is 4.80 Å². The maximum absolute atomic E-state index is 12.9. The molecule has 0 unspecified atom stereocenters. The molecule has 0 N–H and O–H groups in total. The fourth-order valence-corrected chi connectivity index (χ4v) is 4.24. The van der Waals surface area contributed by atoms with Crippen molar-refractivity contribution in [3.63, 3.8) is 0 Å². The van der Waals surface area contributed by atoms with Crippen molar-refractivity contribution in [3.8, 4) is 0 Å². The van der Waals surface area contributed by atoms with Crippen LogP contribution in [0.15, 0.2) is 57.5 Å². The first-order valence-corrected chi connectivity index (χ1v) is 10.2. The van der Waals surface area contributed by atoms with E-state index in [1.54, 1.807) is 12.1 Å². The molecule has 2 amide bonds. The molecule has 7 heteroatoms. The maximum atomic E-state index is 12.9. The zero-order valence-corrected chi connectivity index (χ0v) is 16.4. The quantitative estimate of drug-likeness (QED) is 0.679. The SMILES string of the molecule is Cc1csc(=NC(=O)c2ccco2)n1Cc1ccccc1C(=O)N1CCCC1. The normalized spacial score (nSPS) is 14.6. The molecule has 0 aliphatic carbocycles. The van der Waals surface area contributed by atoms with E-state index < -0.39 is 5.91 Å². The first kappa shape index (κ1) is 18.4. The van der Waals surface area contributed by atoms with E-state index in [1.807, 2.05) is 46.0 Å². The summed E-state index contributed by atoms with van der Waals surface area (Å²) < 4.78 is 7.10. The van der Waals surface area contributed by atoms with Crippen LogP contribution >= 0.6 is 11.3 Å². The highest BCUT2D eigenvalue weighted by Gasteiger charge is 2.22. The Hall–Kier alpha value is -2.93. The molecule has 0 bridgehead atoms. The van der Waals surface area contributed by atoms with Crippen molar-refractivity contribution in [2.24, 2.45) is 4.99 Å². The van der Waals surface area contributed by atoms with E-state index in [9.17, 15) is 9.59 Å². The Morgan fingerprint density at radius 1 is 1.14 bits per heavy atom. The molecule has 4 rings (SSSR count). The number of likely N-dealkylation sites (tertiary alicyclic amines) is 1. The second kappa shape index (κ2) is 7.98. The van der Waals surface area contributed by atoms with Crippen LogP contribution in [0.3, 0.4) is 0 Å². The number of thiazole rings is 1. The lowest BCUT2D eigenvalue weighted by atomic mass is 10.1. The number of carbonyl (C=O) groups excluding carboxylic acids is 2. The zero-order valence-electron chi connectivity index (χ0n) is 15.6. The fraction of sp³-hybridized carbons (Fsp3) is 0.286. The molecular formula is C21H21N3O3S. The van der Waals surface area contributed by atoms with Gasteiger partial charge in [-0.15, -0.1) is 11.3 Å². The molecule has 0 spiro atoms. The summed E-state index contributed by atoms with van der Waals surface area (Å²) in [5, 5.41) is 1.96. The van der Waals surface area contributed by atoms with Crippen molar-refractivity contribution < 1.29 is 14.0 Å². The minimum Gasteiger partial charge on any atom is -0.459 e. The van der Waals surface area contributed by atoms with E-state index in [4.69, 9.17) is 4.42 Å². The molecule has 6 nitrogen and oxygen atoms in total. The molecular weight excluding hydrogens is 374 g/mol. The van der Waals surface area contributed by atoms with Gasteiger partial charge in [0.2, 0.25) is 0 Å². The largest absolute Gasteiger partial charge is 0.459 e. The molecule has 28 heavy (non-hydrogen) atoms. The van der Waals surface area contributed by atoms with Crippen molar-refractivity contribution in [3.05, 3.63) is 75.4 Å². The molecule has 0 saturated carbocycles. The average Bonchev–Trinajstić information content (AvgIpc) is 3.46. The van der Waals surface area contributed by atoms with E-state index in [-0.39, 0.29) is 11.7 Å². The number of benzene rings is 1. The predicted octanol–water partition coefficient (Wildman–Crippen LogP) is 3.48. The number of hydrogen-bond donors (Lipinski definition) is 0. The lowest BCUT2D eigenvalue weighted by molar-refractivity contribution is 0.0791. The van der Waals surface area contributed by atoms with Crippen LogP contribution in [0.25, 0.3) is 0 Å². The highest BCUT2D eigenvalue weighted by molar-refractivity contribution is 7.07. The lowest BCUT2D eigenvalue weighted by Gasteiger charge is -2.18. The number of aryl methyl sites for hydroxylation is 1. The van der Waals surface area contributed by atoms with Crippen LogP contribution in [0.1, 0.15) is 45.0 Å². The van der Waals surface area contributed by atoms with Gasteiger partial charge in [-0.05, 0) is 43.5 Å². The van der Waals surface area contributed by atoms with Gasteiger partial charge in [-0.3, -0.25) is 9.59 Å². The van der Waals surface area contributed by atoms with E-state index >= 15 is 0 Å². The Balaban J connectivity index is 1.67. The summed E-state index contributed by atoms with van der Waals surface area (Å²) in [4.78, 5) is 32.0.